The molecule has 0 fully saturated rings. The Morgan fingerprint density at radius 2 is 0.517 bits per heavy atom. The smallest absolute Gasteiger partial charge is 0.0726 e. The SMILES string of the molecule is CCCCCCCCC1(CCCCCCCC)c2ccccc2-c2ccc(-c3ccc4c(c3)C3(c5ccccc5-c5ccc(-c6ccccn6)cc53)c3cc(-c5ccc6c(c5)C(CCCCCCCC)(CCCCCCCC)c5ccccc5-6)ccc3-4)cc21. The van der Waals surface area contributed by atoms with E-state index in [1.54, 1.807) is 22.3 Å². The molecule has 1 heterocycles. The molecule has 1 heteroatoms. The van der Waals surface area contributed by atoms with Gasteiger partial charge in [-0.25, -0.2) is 0 Å². The first kappa shape index (κ1) is 60.8. The highest BCUT2D eigenvalue weighted by atomic mass is 14.7. The van der Waals surface area contributed by atoms with E-state index < -0.39 is 5.41 Å². The molecule has 1 nitrogen and oxygen atoms in total. The number of nitrogens with zero attached hydrogens (tertiary/aromatic N) is 1. The van der Waals surface area contributed by atoms with Crippen molar-refractivity contribution in [3.63, 3.8) is 0 Å². The van der Waals surface area contributed by atoms with Crippen LogP contribution in [0, 0.1) is 0 Å². The van der Waals surface area contributed by atoms with Crippen LogP contribution in [0.1, 0.15) is 252 Å². The maximum atomic E-state index is 4.99. The van der Waals surface area contributed by atoms with Gasteiger partial charge >= 0.3 is 0 Å². The third kappa shape index (κ3) is 11.3. The summed E-state index contributed by atoms with van der Waals surface area (Å²) in [6, 6.07) is 72.7. The van der Waals surface area contributed by atoms with Crippen LogP contribution in [0.15, 0.2) is 188 Å². The summed E-state index contributed by atoms with van der Waals surface area (Å²) in [5.74, 6) is 0. The zero-order valence-corrected chi connectivity index (χ0v) is 54.6. The van der Waals surface area contributed by atoms with Gasteiger partial charge in [0.1, 0.15) is 0 Å². The number of fused-ring (bicyclic) bond motifs is 16. The predicted octanol–water partition coefficient (Wildman–Crippen LogP) is 26.0. The van der Waals surface area contributed by atoms with Crippen molar-refractivity contribution in [1.82, 2.24) is 4.98 Å². The van der Waals surface area contributed by atoms with Gasteiger partial charge in [0.25, 0.3) is 0 Å². The minimum atomic E-state index is -0.564. The zero-order chi connectivity index (χ0) is 60.6. The molecule has 1 spiro atoms. The topological polar surface area (TPSA) is 12.9 Å². The third-order valence-corrected chi connectivity index (χ3v) is 22.2. The molecule has 13 rings (SSSR count). The van der Waals surface area contributed by atoms with Crippen molar-refractivity contribution in [1.29, 1.82) is 0 Å². The number of hydrogen-bond acceptors (Lipinski definition) is 1. The van der Waals surface area contributed by atoms with Crippen molar-refractivity contribution in [3.05, 3.63) is 233 Å². The predicted molar refractivity (Wildman–Crippen MR) is 381 cm³/mol. The van der Waals surface area contributed by atoms with Crippen molar-refractivity contribution in [2.45, 2.75) is 224 Å². The van der Waals surface area contributed by atoms with Crippen LogP contribution in [0.25, 0.3) is 78.0 Å². The molecule has 0 saturated carbocycles. The molecule has 9 aromatic rings. The number of rotatable bonds is 31. The number of hydrogen-bond donors (Lipinski definition) is 0. The van der Waals surface area contributed by atoms with Crippen LogP contribution in [-0.4, -0.2) is 4.98 Å². The number of pyridine rings is 1. The molecule has 0 unspecified atom stereocenters. The number of unbranched alkanes of at least 4 members (excludes halogenated alkanes) is 20. The van der Waals surface area contributed by atoms with Crippen LogP contribution in [0.3, 0.4) is 0 Å². The van der Waals surface area contributed by atoms with Crippen LogP contribution in [0.4, 0.5) is 0 Å². The molecule has 0 amide bonds. The van der Waals surface area contributed by atoms with Gasteiger partial charge in [-0.2, -0.15) is 0 Å². The average Bonchev–Trinajstić information content (AvgIpc) is 1.52. The van der Waals surface area contributed by atoms with Gasteiger partial charge in [-0.3, -0.25) is 4.98 Å². The first-order valence-corrected chi connectivity index (χ1v) is 35.9. The summed E-state index contributed by atoms with van der Waals surface area (Å²) >= 11 is 0. The fourth-order valence-electron chi connectivity index (χ4n) is 17.7. The van der Waals surface area contributed by atoms with Gasteiger partial charge in [0.15, 0.2) is 0 Å². The van der Waals surface area contributed by atoms with Gasteiger partial charge < -0.3 is 0 Å². The van der Waals surface area contributed by atoms with Gasteiger partial charge in [-0.05, 0) is 179 Å². The Kier molecular flexibility index (Phi) is 18.8. The van der Waals surface area contributed by atoms with Crippen molar-refractivity contribution in [3.8, 4) is 78.0 Å². The normalized spacial score (nSPS) is 14.5. The molecular formula is C88H99N. The lowest BCUT2D eigenvalue weighted by molar-refractivity contribution is 0.398. The minimum Gasteiger partial charge on any atom is -0.256 e. The second-order valence-electron chi connectivity index (χ2n) is 27.6. The van der Waals surface area contributed by atoms with Gasteiger partial charge in [0.2, 0.25) is 0 Å². The van der Waals surface area contributed by atoms with E-state index in [2.05, 4.69) is 204 Å². The molecule has 0 bridgehead atoms. The summed E-state index contributed by atoms with van der Waals surface area (Å²) in [5, 5.41) is 0. The Morgan fingerprint density at radius 3 is 0.888 bits per heavy atom. The molecule has 0 atom stereocenters. The highest BCUT2D eigenvalue weighted by Crippen LogP contribution is 2.65. The Balaban J connectivity index is 0.950. The maximum absolute atomic E-state index is 4.99. The minimum absolute atomic E-state index is 0.00967. The molecule has 89 heavy (non-hydrogen) atoms. The van der Waals surface area contributed by atoms with E-state index in [1.165, 1.54) is 269 Å². The standard InChI is InChI=1S/C88H99N/c1-5-9-13-17-21-32-54-86(55-33-22-18-14-10-6-2)77-40-28-25-37-69(77)72-49-44-64(59-80(72)86)66-46-51-75-76-52-47-67(62-83(76)88(82(75)61-66)79-42-30-27-39-71(79)74-53-48-68(63-84(74)88)85-43-31-36-58-89-85)65-45-50-73-70-38-26-29-41-78(70)87(81(73)60-65,56-34-23-19-15-11-7-3)57-35-24-20-16-12-8-4/h25-31,36-53,58-63H,5-24,32-35,54-57H2,1-4H3. The molecule has 4 aliphatic carbocycles. The number of benzene rings is 8. The zero-order valence-electron chi connectivity index (χ0n) is 54.6. The summed E-state index contributed by atoms with van der Waals surface area (Å²) in [6.07, 6.45) is 38.5. The van der Waals surface area contributed by atoms with Crippen LogP contribution in [-0.2, 0) is 16.2 Å². The molecule has 0 aliphatic heterocycles. The summed E-state index contributed by atoms with van der Waals surface area (Å²) in [7, 11) is 0. The molecule has 0 saturated heterocycles. The molecule has 456 valence electrons. The molecule has 1 aromatic heterocycles. The van der Waals surface area contributed by atoms with E-state index in [1.807, 2.05) is 12.3 Å². The molecular weight excluding hydrogens is 1070 g/mol. The monoisotopic (exact) mass is 1170 g/mol. The lowest BCUT2D eigenvalue weighted by Crippen LogP contribution is -2.26. The van der Waals surface area contributed by atoms with Gasteiger partial charge in [0, 0.05) is 22.6 Å². The lowest BCUT2D eigenvalue weighted by Gasteiger charge is -2.33. The van der Waals surface area contributed by atoms with E-state index in [0.717, 1.165) is 11.3 Å². The third-order valence-electron chi connectivity index (χ3n) is 22.2. The van der Waals surface area contributed by atoms with Crippen molar-refractivity contribution in [2.75, 3.05) is 0 Å². The fraction of sp³-hybridized carbons (Fsp3) is 0.398. The summed E-state index contributed by atoms with van der Waals surface area (Å²) in [5.41, 5.74) is 29.9. The highest BCUT2D eigenvalue weighted by Gasteiger charge is 2.53. The number of aromatic nitrogens is 1. The Bertz CT molecular complexity index is 3670. The maximum Gasteiger partial charge on any atom is 0.0726 e. The summed E-state index contributed by atoms with van der Waals surface area (Å²) < 4.78 is 0. The van der Waals surface area contributed by atoms with E-state index in [9.17, 15) is 0 Å². The Labute approximate surface area is 536 Å². The first-order valence-electron chi connectivity index (χ1n) is 35.9. The lowest BCUT2D eigenvalue weighted by atomic mass is 9.69. The van der Waals surface area contributed by atoms with Gasteiger partial charge in [0.05, 0.1) is 11.1 Å². The van der Waals surface area contributed by atoms with Crippen LogP contribution >= 0.6 is 0 Å². The largest absolute Gasteiger partial charge is 0.256 e. The molecule has 0 N–H and O–H groups in total. The van der Waals surface area contributed by atoms with Crippen LogP contribution < -0.4 is 0 Å². The molecule has 4 aliphatic rings. The van der Waals surface area contributed by atoms with E-state index in [4.69, 9.17) is 4.98 Å². The van der Waals surface area contributed by atoms with E-state index in [0.29, 0.717) is 0 Å². The Hall–Kier alpha value is -7.09. The van der Waals surface area contributed by atoms with Crippen molar-refractivity contribution in [2.24, 2.45) is 0 Å². The van der Waals surface area contributed by atoms with E-state index in [-0.39, 0.29) is 10.8 Å². The second-order valence-corrected chi connectivity index (χ2v) is 27.6. The summed E-state index contributed by atoms with van der Waals surface area (Å²) in [4.78, 5) is 4.99. The van der Waals surface area contributed by atoms with Crippen molar-refractivity contribution >= 4 is 0 Å². The quantitative estimate of drug-likeness (QED) is 0.0395. The van der Waals surface area contributed by atoms with Crippen LogP contribution in [0.2, 0.25) is 0 Å². The summed E-state index contributed by atoms with van der Waals surface area (Å²) in [6.45, 7) is 9.36. The van der Waals surface area contributed by atoms with Gasteiger partial charge in [-0.15, -0.1) is 0 Å². The van der Waals surface area contributed by atoms with E-state index >= 15 is 0 Å². The Morgan fingerprint density at radius 1 is 0.236 bits per heavy atom. The fourth-order valence-corrected chi connectivity index (χ4v) is 17.7. The van der Waals surface area contributed by atoms with Gasteiger partial charge in [-0.1, -0.05) is 321 Å². The van der Waals surface area contributed by atoms with Crippen molar-refractivity contribution < 1.29 is 0 Å². The highest BCUT2D eigenvalue weighted by molar-refractivity contribution is 5.98. The first-order chi connectivity index (χ1) is 44.0. The molecule has 0 radical (unpaired) electrons. The molecule has 8 aromatic carbocycles. The van der Waals surface area contributed by atoms with Crippen LogP contribution in [0.5, 0.6) is 0 Å². The second kappa shape index (κ2) is 27.6. The average molecular weight is 1170 g/mol.